The fraction of sp³-hybridized carbons (Fsp3) is 0.541. The highest BCUT2D eigenvalue weighted by Crippen LogP contribution is 2.35. The van der Waals surface area contributed by atoms with E-state index in [0.717, 1.165) is 48.1 Å². The maximum Gasteiger partial charge on any atom is 0.322 e. The predicted octanol–water partition coefficient (Wildman–Crippen LogP) is 5.08. The van der Waals surface area contributed by atoms with E-state index in [2.05, 4.69) is 20.7 Å². The van der Waals surface area contributed by atoms with Crippen molar-refractivity contribution in [2.45, 2.75) is 92.2 Å². The van der Waals surface area contributed by atoms with Crippen LogP contribution in [0, 0.1) is 17.3 Å². The number of fused-ring (bicyclic) bond motifs is 1. The summed E-state index contributed by atoms with van der Waals surface area (Å²) < 4.78 is 0. The van der Waals surface area contributed by atoms with Crippen molar-refractivity contribution in [3.8, 4) is 0 Å². The van der Waals surface area contributed by atoms with E-state index in [0.29, 0.717) is 64.1 Å². The zero-order valence-electron chi connectivity index (χ0n) is 29.2. The van der Waals surface area contributed by atoms with Crippen molar-refractivity contribution >= 4 is 41.1 Å². The van der Waals surface area contributed by atoms with Gasteiger partial charge in [0, 0.05) is 76.0 Å². The van der Waals surface area contributed by atoms with Gasteiger partial charge in [-0.2, -0.15) is 5.10 Å². The second-order valence-corrected chi connectivity index (χ2v) is 14.5. The van der Waals surface area contributed by atoms with Crippen LogP contribution in [-0.2, 0) is 32.3 Å². The fourth-order valence-corrected chi connectivity index (χ4v) is 6.60. The van der Waals surface area contributed by atoms with Crippen molar-refractivity contribution in [1.82, 2.24) is 25.1 Å². The summed E-state index contributed by atoms with van der Waals surface area (Å²) in [7, 11) is 0. The van der Waals surface area contributed by atoms with Crippen LogP contribution >= 0.6 is 0 Å². The van der Waals surface area contributed by atoms with Crippen LogP contribution in [0.15, 0.2) is 47.8 Å². The molecule has 3 aliphatic heterocycles. The molecule has 1 fully saturated rings. The van der Waals surface area contributed by atoms with E-state index >= 15 is 0 Å². The van der Waals surface area contributed by atoms with Gasteiger partial charge in [0.05, 0.1) is 11.6 Å². The van der Waals surface area contributed by atoms with Gasteiger partial charge in [0.15, 0.2) is 0 Å². The summed E-state index contributed by atoms with van der Waals surface area (Å²) >= 11 is 0. The lowest BCUT2D eigenvalue weighted by Crippen LogP contribution is -2.37. The third-order valence-corrected chi connectivity index (χ3v) is 9.60. The van der Waals surface area contributed by atoms with E-state index in [9.17, 15) is 24.0 Å². The summed E-state index contributed by atoms with van der Waals surface area (Å²) in [4.78, 5) is 70.2. The van der Waals surface area contributed by atoms with Gasteiger partial charge < -0.3 is 15.5 Å². The standard InChI is InChI=1S/C37H49N7O5/c1-25-20-33(47)44(19-9-10-31(45)39-16-7-5-6-8-18-43-32(46)21-30(35(43)48)37(2,3)4)41-34(25)26-11-13-29(14-12-26)40-36(49)42-23-27-15-17-38-22-28(27)24-42/h11-15,17,22,25,30H,5-10,16,18-21,23-24H2,1-4H3,(H,39,45)(H,40,49). The summed E-state index contributed by atoms with van der Waals surface area (Å²) in [6, 6.07) is 9.26. The highest BCUT2D eigenvalue weighted by atomic mass is 16.2. The molecule has 2 N–H and O–H groups in total. The molecule has 0 aliphatic carbocycles. The van der Waals surface area contributed by atoms with Crippen LogP contribution < -0.4 is 10.6 Å². The number of urea groups is 1. The lowest BCUT2D eigenvalue weighted by molar-refractivity contribution is -0.140. The number of carbonyl (C=O) groups excluding carboxylic acids is 5. The zero-order chi connectivity index (χ0) is 35.1. The Hall–Kier alpha value is -4.61. The predicted molar refractivity (Wildman–Crippen MR) is 186 cm³/mol. The third kappa shape index (κ3) is 9.10. The zero-order valence-corrected chi connectivity index (χ0v) is 29.2. The minimum absolute atomic E-state index is 0.0492. The summed E-state index contributed by atoms with van der Waals surface area (Å²) in [6.07, 6.45) is 8.34. The smallest absolute Gasteiger partial charge is 0.322 e. The fourth-order valence-electron chi connectivity index (χ4n) is 6.60. The minimum Gasteiger partial charge on any atom is -0.356 e. The van der Waals surface area contributed by atoms with Gasteiger partial charge in [-0.25, -0.2) is 9.80 Å². The lowest BCUT2D eigenvalue weighted by atomic mass is 9.80. The van der Waals surface area contributed by atoms with Crippen molar-refractivity contribution in [3.05, 3.63) is 59.4 Å². The molecule has 12 heteroatoms. The van der Waals surface area contributed by atoms with E-state index < -0.39 is 0 Å². The number of pyridine rings is 1. The van der Waals surface area contributed by atoms with E-state index in [-0.39, 0.29) is 46.9 Å². The number of imide groups is 1. The van der Waals surface area contributed by atoms with Crippen LogP contribution in [0.25, 0.3) is 0 Å². The van der Waals surface area contributed by atoms with Crippen LogP contribution in [-0.4, -0.2) is 74.8 Å². The average molecular weight is 672 g/mol. The van der Waals surface area contributed by atoms with E-state index in [1.807, 2.05) is 58.0 Å². The maximum absolute atomic E-state index is 12.8. The molecule has 0 radical (unpaired) electrons. The Kier molecular flexibility index (Phi) is 11.5. The third-order valence-electron chi connectivity index (χ3n) is 9.60. The first-order chi connectivity index (χ1) is 23.4. The molecule has 1 saturated heterocycles. The number of hydrogen-bond donors (Lipinski definition) is 2. The number of anilines is 1. The van der Waals surface area contributed by atoms with Crippen molar-refractivity contribution in [2.24, 2.45) is 22.4 Å². The molecular weight excluding hydrogens is 622 g/mol. The SMILES string of the molecule is CC1CC(=O)N(CCCC(=O)NCCCCCCN2C(=O)CC(C(C)(C)C)C2=O)N=C1c1ccc(NC(=O)N2Cc3ccncc3C2)cc1. The second-order valence-electron chi connectivity index (χ2n) is 14.5. The summed E-state index contributed by atoms with van der Waals surface area (Å²) in [5.74, 6) is -0.533. The van der Waals surface area contributed by atoms with Gasteiger partial charge in [-0.05, 0) is 59.6 Å². The van der Waals surface area contributed by atoms with Gasteiger partial charge in [-0.1, -0.05) is 52.7 Å². The normalized spacial score (nSPS) is 19.3. The molecule has 0 saturated carbocycles. The molecule has 2 aromatic rings. The van der Waals surface area contributed by atoms with Crippen LogP contribution in [0.5, 0.6) is 0 Å². The van der Waals surface area contributed by atoms with Gasteiger partial charge in [0.25, 0.3) is 0 Å². The number of hydrogen-bond acceptors (Lipinski definition) is 7. The maximum atomic E-state index is 12.8. The van der Waals surface area contributed by atoms with Crippen LogP contribution in [0.1, 0.15) is 95.8 Å². The molecule has 262 valence electrons. The first kappa shape index (κ1) is 35.7. The van der Waals surface area contributed by atoms with Crippen LogP contribution in [0.4, 0.5) is 10.5 Å². The average Bonchev–Trinajstić information content (AvgIpc) is 3.62. The topological polar surface area (TPSA) is 144 Å². The molecule has 49 heavy (non-hydrogen) atoms. The van der Waals surface area contributed by atoms with Gasteiger partial charge >= 0.3 is 6.03 Å². The number of amides is 6. The van der Waals surface area contributed by atoms with Gasteiger partial charge in [0.2, 0.25) is 23.6 Å². The number of rotatable bonds is 13. The number of aromatic nitrogens is 1. The number of nitrogens with one attached hydrogen (secondary N) is 2. The van der Waals surface area contributed by atoms with E-state index in [4.69, 9.17) is 0 Å². The number of benzene rings is 1. The molecule has 6 amide bonds. The van der Waals surface area contributed by atoms with Crippen molar-refractivity contribution in [1.29, 1.82) is 0 Å². The quantitative estimate of drug-likeness (QED) is 0.225. The highest BCUT2D eigenvalue weighted by Gasteiger charge is 2.44. The van der Waals surface area contributed by atoms with Crippen molar-refractivity contribution in [3.63, 3.8) is 0 Å². The molecule has 2 atom stereocenters. The van der Waals surface area contributed by atoms with Gasteiger partial charge in [-0.3, -0.25) is 29.1 Å². The summed E-state index contributed by atoms with van der Waals surface area (Å²) in [6.45, 7) is 10.4. The molecule has 12 nitrogen and oxygen atoms in total. The van der Waals surface area contributed by atoms with Gasteiger partial charge in [0.1, 0.15) is 0 Å². The van der Waals surface area contributed by atoms with Crippen LogP contribution in [0.3, 0.4) is 0 Å². The number of carbonyl (C=O) groups is 5. The number of unbranched alkanes of at least 4 members (excludes halogenated alkanes) is 3. The number of likely N-dealkylation sites (tertiary alicyclic amines) is 1. The monoisotopic (exact) mass is 671 g/mol. The number of hydrazone groups is 1. The Morgan fingerprint density at radius 3 is 2.33 bits per heavy atom. The van der Waals surface area contributed by atoms with Crippen LogP contribution in [0.2, 0.25) is 0 Å². The molecule has 3 aliphatic rings. The number of nitrogens with zero attached hydrogens (tertiary/aromatic N) is 5. The summed E-state index contributed by atoms with van der Waals surface area (Å²) in [5.41, 5.74) is 4.31. The lowest BCUT2D eigenvalue weighted by Gasteiger charge is -2.27. The largest absolute Gasteiger partial charge is 0.356 e. The Labute approximate surface area is 288 Å². The van der Waals surface area contributed by atoms with Crippen molar-refractivity contribution < 1.29 is 24.0 Å². The highest BCUT2D eigenvalue weighted by molar-refractivity contribution is 6.06. The first-order valence-electron chi connectivity index (χ1n) is 17.5. The minimum atomic E-state index is -0.238. The molecular formula is C37H49N7O5. The van der Waals surface area contributed by atoms with E-state index in [1.165, 1.54) is 9.91 Å². The molecule has 4 heterocycles. The molecule has 2 unspecified atom stereocenters. The van der Waals surface area contributed by atoms with Crippen molar-refractivity contribution in [2.75, 3.05) is 25.0 Å². The molecule has 0 bridgehead atoms. The molecule has 0 spiro atoms. The summed E-state index contributed by atoms with van der Waals surface area (Å²) in [5, 5.41) is 12.0. The first-order valence-corrected chi connectivity index (χ1v) is 17.5. The Bertz CT molecular complexity index is 1560. The Morgan fingerprint density at radius 2 is 1.61 bits per heavy atom. The molecule has 1 aromatic heterocycles. The Balaban J connectivity index is 0.990. The van der Waals surface area contributed by atoms with E-state index in [1.54, 1.807) is 17.3 Å². The second kappa shape index (κ2) is 15.7. The Morgan fingerprint density at radius 1 is 0.878 bits per heavy atom. The molecule has 1 aromatic carbocycles. The van der Waals surface area contributed by atoms with Gasteiger partial charge in [-0.15, -0.1) is 0 Å². The molecule has 5 rings (SSSR count).